The predicted octanol–water partition coefficient (Wildman–Crippen LogP) is -0.118. The number of carbonyl (C=O) groups excluding carboxylic acids is 5. The van der Waals surface area contributed by atoms with Crippen LogP contribution < -0.4 is 0 Å². The summed E-state index contributed by atoms with van der Waals surface area (Å²) in [6.07, 6.45) is 3.66. The Bertz CT molecular complexity index is 1060. The molecule has 0 saturated heterocycles. The highest BCUT2D eigenvalue weighted by Crippen LogP contribution is 2.66. The molecule has 182 valence electrons. The highest BCUT2D eigenvalue weighted by Gasteiger charge is 2.68. The Morgan fingerprint density at radius 3 is 1.76 bits per heavy atom. The second kappa shape index (κ2) is 8.69. The average Bonchev–Trinajstić information content (AvgIpc) is 2.86. The van der Waals surface area contributed by atoms with Gasteiger partial charge in [0, 0.05) is 5.92 Å². The van der Waals surface area contributed by atoms with Crippen LogP contribution in [0.5, 0.6) is 0 Å². The van der Waals surface area contributed by atoms with Crippen molar-refractivity contribution < 1.29 is 47.7 Å². The molecule has 34 heavy (non-hydrogen) atoms. The number of nitrogens with zero attached hydrogens (tertiary/aromatic N) is 1. The summed E-state index contributed by atoms with van der Waals surface area (Å²) in [4.78, 5) is 67.9. The van der Waals surface area contributed by atoms with Gasteiger partial charge in [0.2, 0.25) is 0 Å². The van der Waals surface area contributed by atoms with Gasteiger partial charge in [0.1, 0.15) is 5.71 Å². The number of dihydropyridines is 1. The molecule has 11 nitrogen and oxygen atoms in total. The summed E-state index contributed by atoms with van der Waals surface area (Å²) >= 11 is 0. The number of ether oxygens (including phenoxy) is 5. The minimum absolute atomic E-state index is 0.0209. The number of esters is 5. The molecule has 1 aliphatic heterocycles. The summed E-state index contributed by atoms with van der Waals surface area (Å²) in [5, 5.41) is 0. The Morgan fingerprint density at radius 2 is 1.24 bits per heavy atom. The Balaban J connectivity index is 1.92. The van der Waals surface area contributed by atoms with Gasteiger partial charge in [-0.3, -0.25) is 14.6 Å². The third-order valence-corrected chi connectivity index (χ3v) is 7.44. The third kappa shape index (κ3) is 3.09. The van der Waals surface area contributed by atoms with Gasteiger partial charge in [0.05, 0.1) is 53.0 Å². The first kappa shape index (κ1) is 23.7. The van der Waals surface area contributed by atoms with Crippen LogP contribution >= 0.6 is 0 Å². The van der Waals surface area contributed by atoms with Crippen LogP contribution in [-0.2, 0) is 47.7 Å². The molecule has 1 heterocycles. The van der Waals surface area contributed by atoms with Crippen LogP contribution in [0.4, 0.5) is 0 Å². The normalized spacial score (nSPS) is 34.6. The van der Waals surface area contributed by atoms with Gasteiger partial charge in [-0.2, -0.15) is 0 Å². The van der Waals surface area contributed by atoms with Crippen LogP contribution in [-0.4, -0.2) is 77.1 Å². The fraction of sp³-hybridized carbons (Fsp3) is 0.565. The Labute approximate surface area is 195 Å². The number of carbonyl (C=O) groups is 5. The maximum atomic E-state index is 12.8. The number of rotatable bonds is 5. The zero-order valence-corrected chi connectivity index (χ0v) is 19.3. The molecule has 0 radical (unpaired) electrons. The molecule has 0 aromatic carbocycles. The van der Waals surface area contributed by atoms with E-state index in [0.717, 1.165) is 7.11 Å². The lowest BCUT2D eigenvalue weighted by molar-refractivity contribution is -0.172. The van der Waals surface area contributed by atoms with Crippen LogP contribution in [0.1, 0.15) is 0 Å². The van der Waals surface area contributed by atoms with E-state index in [1.807, 2.05) is 12.2 Å². The van der Waals surface area contributed by atoms with Crippen molar-refractivity contribution in [1.29, 1.82) is 0 Å². The number of hydrogen-bond acceptors (Lipinski definition) is 11. The first-order chi connectivity index (χ1) is 16.3. The molecule has 5 rings (SSSR count). The molecule has 8 atom stereocenters. The van der Waals surface area contributed by atoms with Gasteiger partial charge < -0.3 is 23.7 Å². The highest BCUT2D eigenvalue weighted by molar-refractivity contribution is 6.39. The van der Waals surface area contributed by atoms with E-state index in [0.29, 0.717) is 5.57 Å². The first-order valence-electron chi connectivity index (χ1n) is 10.7. The van der Waals surface area contributed by atoms with Crippen molar-refractivity contribution >= 4 is 35.6 Å². The molecule has 5 aliphatic rings. The fourth-order valence-electron chi connectivity index (χ4n) is 6.23. The Kier molecular flexibility index (Phi) is 6.05. The minimum atomic E-state index is -1.42. The molecule has 11 heteroatoms. The number of fused-ring (bicyclic) bond motifs is 2. The van der Waals surface area contributed by atoms with Crippen molar-refractivity contribution in [1.82, 2.24) is 0 Å². The van der Waals surface area contributed by atoms with E-state index in [2.05, 4.69) is 4.99 Å². The Hall–Kier alpha value is -3.50. The standard InChI is InChI=1S/C23H25NO10/c1-30-19(25)12-8-6-7-9(13(12)20(26)31-2)11-10(8)14-15(11)17(22(28)33-4)24-18(23(29)34-5)16(14)21(27)32-3/h6-13,15,18H,1-5H3. The predicted molar refractivity (Wildman–Crippen MR) is 112 cm³/mol. The van der Waals surface area contributed by atoms with Gasteiger partial charge in [0.15, 0.2) is 6.04 Å². The summed E-state index contributed by atoms with van der Waals surface area (Å²) < 4.78 is 24.7. The van der Waals surface area contributed by atoms with Gasteiger partial charge in [0.25, 0.3) is 0 Å². The molecule has 0 N–H and O–H groups in total. The largest absolute Gasteiger partial charge is 0.469 e. The molecule has 2 fully saturated rings. The summed E-state index contributed by atoms with van der Waals surface area (Å²) in [6, 6.07) is -1.42. The van der Waals surface area contributed by atoms with E-state index in [1.54, 1.807) is 0 Å². The second-order valence-electron chi connectivity index (χ2n) is 8.51. The van der Waals surface area contributed by atoms with Crippen molar-refractivity contribution in [3.63, 3.8) is 0 Å². The van der Waals surface area contributed by atoms with Crippen LogP contribution in [0.2, 0.25) is 0 Å². The van der Waals surface area contributed by atoms with Crippen molar-refractivity contribution in [3.8, 4) is 0 Å². The van der Waals surface area contributed by atoms with Crippen LogP contribution in [0.15, 0.2) is 28.3 Å². The van der Waals surface area contributed by atoms with Gasteiger partial charge in [-0.1, -0.05) is 12.2 Å². The number of hydrogen-bond donors (Lipinski definition) is 0. The molecule has 2 bridgehead atoms. The first-order valence-corrected chi connectivity index (χ1v) is 10.7. The zero-order chi connectivity index (χ0) is 24.9. The summed E-state index contributed by atoms with van der Waals surface area (Å²) in [5.41, 5.74) is 0.410. The van der Waals surface area contributed by atoms with Crippen LogP contribution in [0.3, 0.4) is 0 Å². The monoisotopic (exact) mass is 475 g/mol. The number of aliphatic imine (C=N–C) groups is 1. The highest BCUT2D eigenvalue weighted by atomic mass is 16.5. The van der Waals surface area contributed by atoms with E-state index < -0.39 is 71.4 Å². The molecular formula is C23H25NO10. The maximum Gasteiger partial charge on any atom is 0.352 e. The molecule has 0 amide bonds. The zero-order valence-electron chi connectivity index (χ0n) is 19.3. The lowest BCUT2D eigenvalue weighted by Gasteiger charge is -2.63. The molecule has 4 aliphatic carbocycles. The smallest absolute Gasteiger partial charge is 0.352 e. The average molecular weight is 475 g/mol. The van der Waals surface area contributed by atoms with Crippen molar-refractivity contribution in [3.05, 3.63) is 23.3 Å². The second-order valence-corrected chi connectivity index (χ2v) is 8.51. The van der Waals surface area contributed by atoms with Crippen LogP contribution in [0.25, 0.3) is 0 Å². The molecule has 0 aromatic heterocycles. The number of methoxy groups -OCH3 is 5. The van der Waals surface area contributed by atoms with Gasteiger partial charge in [-0.25, -0.2) is 14.4 Å². The van der Waals surface area contributed by atoms with Gasteiger partial charge in [-0.15, -0.1) is 0 Å². The van der Waals surface area contributed by atoms with Crippen molar-refractivity contribution in [2.75, 3.05) is 35.5 Å². The lowest BCUT2D eigenvalue weighted by Crippen LogP contribution is -2.65. The topological polar surface area (TPSA) is 144 Å². The summed E-state index contributed by atoms with van der Waals surface area (Å²) in [7, 11) is 5.98. The number of allylic oxidation sites excluding steroid dienone is 3. The molecule has 0 spiro atoms. The molecular weight excluding hydrogens is 450 g/mol. The maximum absolute atomic E-state index is 12.8. The third-order valence-electron chi connectivity index (χ3n) is 7.44. The molecule has 2 saturated carbocycles. The fourth-order valence-corrected chi connectivity index (χ4v) is 6.23. The quantitative estimate of drug-likeness (QED) is 0.300. The molecule has 8 unspecified atom stereocenters. The van der Waals surface area contributed by atoms with Gasteiger partial charge in [-0.05, 0) is 29.2 Å². The summed E-state index contributed by atoms with van der Waals surface area (Å²) in [5.74, 6) is -7.76. The van der Waals surface area contributed by atoms with E-state index in [4.69, 9.17) is 23.7 Å². The minimum Gasteiger partial charge on any atom is -0.469 e. The van der Waals surface area contributed by atoms with E-state index >= 15 is 0 Å². The van der Waals surface area contributed by atoms with Crippen molar-refractivity contribution in [2.24, 2.45) is 46.4 Å². The van der Waals surface area contributed by atoms with E-state index in [1.165, 1.54) is 28.4 Å². The van der Waals surface area contributed by atoms with E-state index in [9.17, 15) is 24.0 Å². The van der Waals surface area contributed by atoms with Crippen molar-refractivity contribution in [2.45, 2.75) is 6.04 Å². The van der Waals surface area contributed by atoms with Gasteiger partial charge >= 0.3 is 29.8 Å². The molecule has 0 aromatic rings. The Morgan fingerprint density at radius 1 is 0.706 bits per heavy atom. The van der Waals surface area contributed by atoms with Crippen LogP contribution in [0, 0.1) is 41.4 Å². The van der Waals surface area contributed by atoms with E-state index in [-0.39, 0.29) is 17.2 Å². The lowest BCUT2D eigenvalue weighted by atomic mass is 9.39. The SMILES string of the molecule is COC(=O)C1=NC(C(=O)OC)C(C(=O)OC)=C2C1C1C3C=CC(C(C(=O)OC)C3C(=O)OC)C21. The summed E-state index contributed by atoms with van der Waals surface area (Å²) in [6.45, 7) is 0.